The minimum absolute atomic E-state index is 0.223. The van der Waals surface area contributed by atoms with Crippen molar-refractivity contribution in [1.29, 1.82) is 0 Å². The highest BCUT2D eigenvalue weighted by Crippen LogP contribution is 2.17. The van der Waals surface area contributed by atoms with Gasteiger partial charge in [0.25, 0.3) is 0 Å². The lowest BCUT2D eigenvalue weighted by Crippen LogP contribution is -2.05. The van der Waals surface area contributed by atoms with E-state index in [1.165, 1.54) is 6.20 Å². The Labute approximate surface area is 87.9 Å². The number of ether oxygens (including phenoxy) is 1. The topological polar surface area (TPSA) is 39.4 Å². The molecule has 2 rings (SSSR count). The molecule has 0 aromatic carbocycles. The maximum absolute atomic E-state index is 7.75. The van der Waals surface area contributed by atoms with Gasteiger partial charge in [-0.2, -0.15) is 5.10 Å². The number of rotatable bonds is 2. The molecule has 74 valence electrons. The first-order chi connectivity index (χ1) is 7.13. The van der Waals surface area contributed by atoms with E-state index in [1.807, 2.05) is 6.92 Å². The smallest absolute Gasteiger partial charge is 0.156 e. The molecule has 4 nitrogen and oxygen atoms in total. The van der Waals surface area contributed by atoms with Gasteiger partial charge in [0.05, 0.1) is 13.2 Å². The van der Waals surface area contributed by atoms with Crippen LogP contribution < -0.4 is 0 Å². The molecule has 0 N–H and O–H groups in total. The minimum Gasteiger partial charge on any atom is -0.375 e. The predicted octanol–water partition coefficient (Wildman–Crippen LogP) is 2.09. The molecule has 0 unspecified atom stereocenters. The summed E-state index contributed by atoms with van der Waals surface area (Å²) in [6.07, 6.45) is 1.25. The first kappa shape index (κ1) is 8.20. The molecule has 0 aliphatic heterocycles. The van der Waals surface area contributed by atoms with Crippen molar-refractivity contribution >= 4 is 17.2 Å². The van der Waals surface area contributed by atoms with Crippen LogP contribution in [-0.2, 0) is 4.74 Å². The van der Waals surface area contributed by atoms with Gasteiger partial charge in [-0.05, 0) is 13.0 Å². The number of fused-ring (bicyclic) bond motifs is 1. The van der Waals surface area contributed by atoms with Gasteiger partial charge in [-0.3, -0.25) is 0 Å². The SMILES string of the molecule is [2H]c1cnc2cc(Cl)nn2c1[C@H](C)OC. The zero-order valence-corrected chi connectivity index (χ0v) is 8.62. The van der Waals surface area contributed by atoms with Crippen molar-refractivity contribution in [3.05, 3.63) is 29.2 Å². The fraction of sp³-hybridized carbons (Fsp3) is 0.333. The molecular formula is C9H10ClN3O. The fourth-order valence-electron chi connectivity index (χ4n) is 1.24. The second-order valence-electron chi connectivity index (χ2n) is 2.90. The summed E-state index contributed by atoms with van der Waals surface area (Å²) in [6, 6.07) is 1.93. The predicted molar refractivity (Wildman–Crippen MR) is 53.4 cm³/mol. The Morgan fingerprint density at radius 2 is 2.50 bits per heavy atom. The monoisotopic (exact) mass is 212 g/mol. The van der Waals surface area contributed by atoms with Gasteiger partial charge < -0.3 is 4.74 Å². The Morgan fingerprint density at radius 3 is 3.21 bits per heavy atom. The molecule has 2 aromatic rings. The molecule has 1 atom stereocenters. The van der Waals surface area contributed by atoms with E-state index < -0.39 is 0 Å². The Kier molecular flexibility index (Phi) is 2.08. The van der Waals surface area contributed by atoms with Crippen molar-refractivity contribution in [2.75, 3.05) is 7.11 Å². The van der Waals surface area contributed by atoms with Gasteiger partial charge in [0.2, 0.25) is 0 Å². The normalized spacial score (nSPS) is 14.4. The maximum atomic E-state index is 7.75. The van der Waals surface area contributed by atoms with Crippen LogP contribution in [0.5, 0.6) is 0 Å². The van der Waals surface area contributed by atoms with Crippen LogP contribution in [0.4, 0.5) is 0 Å². The lowest BCUT2D eigenvalue weighted by atomic mass is 10.3. The third kappa shape index (κ3) is 1.47. The molecule has 0 radical (unpaired) electrons. The van der Waals surface area contributed by atoms with Crippen molar-refractivity contribution in [2.45, 2.75) is 13.0 Å². The molecule has 2 heterocycles. The van der Waals surface area contributed by atoms with Gasteiger partial charge in [-0.1, -0.05) is 11.6 Å². The molecule has 0 spiro atoms. The van der Waals surface area contributed by atoms with E-state index in [-0.39, 0.29) is 12.1 Å². The minimum atomic E-state index is -0.223. The zero-order chi connectivity index (χ0) is 11.0. The Bertz CT molecular complexity index is 499. The van der Waals surface area contributed by atoms with Crippen LogP contribution in [0.3, 0.4) is 0 Å². The lowest BCUT2D eigenvalue weighted by molar-refractivity contribution is 0.114. The largest absolute Gasteiger partial charge is 0.375 e. The van der Waals surface area contributed by atoms with E-state index in [0.717, 1.165) is 0 Å². The van der Waals surface area contributed by atoms with Crippen molar-refractivity contribution in [1.82, 2.24) is 14.6 Å². The van der Waals surface area contributed by atoms with Crippen molar-refractivity contribution in [2.24, 2.45) is 0 Å². The average molecular weight is 213 g/mol. The fourth-order valence-corrected chi connectivity index (χ4v) is 1.41. The van der Waals surface area contributed by atoms with Crippen LogP contribution in [0.15, 0.2) is 18.3 Å². The highest BCUT2D eigenvalue weighted by atomic mass is 35.5. The quantitative estimate of drug-likeness (QED) is 0.765. The molecule has 0 fully saturated rings. The summed E-state index contributed by atoms with van der Waals surface area (Å²) in [5.41, 5.74) is 1.27. The van der Waals surface area contributed by atoms with E-state index in [2.05, 4.69) is 10.1 Å². The highest BCUT2D eigenvalue weighted by molar-refractivity contribution is 6.29. The molecule has 0 saturated heterocycles. The van der Waals surface area contributed by atoms with E-state index in [4.69, 9.17) is 17.7 Å². The van der Waals surface area contributed by atoms with Crippen LogP contribution in [0.25, 0.3) is 5.65 Å². The van der Waals surface area contributed by atoms with Gasteiger partial charge in [-0.15, -0.1) is 0 Å². The summed E-state index contributed by atoms with van der Waals surface area (Å²) < 4.78 is 14.5. The molecule has 0 bridgehead atoms. The van der Waals surface area contributed by atoms with E-state index in [9.17, 15) is 0 Å². The summed E-state index contributed by atoms with van der Waals surface area (Å²) >= 11 is 5.78. The summed E-state index contributed by atoms with van der Waals surface area (Å²) in [5.74, 6) is 0. The number of methoxy groups -OCH3 is 1. The molecule has 0 aliphatic rings. The van der Waals surface area contributed by atoms with Gasteiger partial charge in [0, 0.05) is 19.4 Å². The van der Waals surface area contributed by atoms with Crippen LogP contribution in [0.2, 0.25) is 5.15 Å². The second kappa shape index (κ2) is 3.55. The number of hydrogen-bond donors (Lipinski definition) is 0. The van der Waals surface area contributed by atoms with E-state index >= 15 is 0 Å². The number of aromatic nitrogens is 3. The van der Waals surface area contributed by atoms with Gasteiger partial charge in [-0.25, -0.2) is 9.50 Å². The van der Waals surface area contributed by atoms with E-state index in [0.29, 0.717) is 16.5 Å². The Hall–Kier alpha value is -1.13. The van der Waals surface area contributed by atoms with Crippen LogP contribution in [0, 0.1) is 0 Å². The van der Waals surface area contributed by atoms with Crippen LogP contribution in [-0.4, -0.2) is 21.7 Å². The standard InChI is InChI=1S/C9H10ClN3O/c1-6(14-2)7-3-4-11-9-5-8(10)12-13(7)9/h3-6H,1-2H3/t6-/m0/s1/i3D. The third-order valence-electron chi connectivity index (χ3n) is 2.04. The zero-order valence-electron chi connectivity index (χ0n) is 8.86. The highest BCUT2D eigenvalue weighted by Gasteiger charge is 2.10. The second-order valence-corrected chi connectivity index (χ2v) is 3.29. The summed E-state index contributed by atoms with van der Waals surface area (Å²) in [7, 11) is 1.58. The lowest BCUT2D eigenvalue weighted by Gasteiger charge is -2.10. The molecular weight excluding hydrogens is 202 g/mol. The Morgan fingerprint density at radius 1 is 1.71 bits per heavy atom. The molecule has 0 aliphatic carbocycles. The summed E-state index contributed by atoms with van der Waals surface area (Å²) in [4.78, 5) is 4.05. The Balaban J connectivity index is 2.73. The van der Waals surface area contributed by atoms with Gasteiger partial charge in [0.1, 0.15) is 0 Å². The number of hydrogen-bond acceptors (Lipinski definition) is 3. The van der Waals surface area contributed by atoms with Crippen LogP contribution in [0.1, 0.15) is 20.1 Å². The first-order valence-corrected chi connectivity index (χ1v) is 4.55. The van der Waals surface area contributed by atoms with Crippen molar-refractivity contribution in [3.63, 3.8) is 0 Å². The van der Waals surface area contributed by atoms with Crippen molar-refractivity contribution < 1.29 is 6.11 Å². The number of nitrogens with zero attached hydrogens (tertiary/aromatic N) is 3. The summed E-state index contributed by atoms with van der Waals surface area (Å²) in [6.45, 7) is 1.85. The molecule has 0 amide bonds. The van der Waals surface area contributed by atoms with Crippen LogP contribution >= 0.6 is 11.6 Å². The van der Waals surface area contributed by atoms with Crippen molar-refractivity contribution in [3.8, 4) is 0 Å². The van der Waals surface area contributed by atoms with E-state index in [1.54, 1.807) is 17.7 Å². The maximum Gasteiger partial charge on any atom is 0.156 e. The first-order valence-electron chi connectivity index (χ1n) is 4.67. The molecule has 0 saturated carbocycles. The number of halogens is 1. The van der Waals surface area contributed by atoms with Gasteiger partial charge >= 0.3 is 0 Å². The molecule has 2 aromatic heterocycles. The summed E-state index contributed by atoms with van der Waals surface area (Å²) in [5, 5.41) is 4.42. The van der Waals surface area contributed by atoms with Gasteiger partial charge in [0.15, 0.2) is 10.8 Å². The average Bonchev–Trinajstić information content (AvgIpc) is 2.57. The molecule has 14 heavy (non-hydrogen) atoms. The third-order valence-corrected chi connectivity index (χ3v) is 2.22. The molecule has 5 heteroatoms.